The van der Waals surface area contributed by atoms with Gasteiger partial charge >= 0.3 is 0 Å². The normalized spacial score (nSPS) is 15.5. The molecule has 0 saturated carbocycles. The van der Waals surface area contributed by atoms with Gasteiger partial charge in [-0.05, 0) is 104 Å². The summed E-state index contributed by atoms with van der Waals surface area (Å²) in [5.41, 5.74) is 7.20. The molecule has 0 amide bonds. The third-order valence-corrected chi connectivity index (χ3v) is 9.32. The predicted molar refractivity (Wildman–Crippen MR) is 188 cm³/mol. The van der Waals surface area contributed by atoms with Crippen LogP contribution in [0.3, 0.4) is 0 Å². The van der Waals surface area contributed by atoms with Crippen molar-refractivity contribution in [3.8, 4) is 0 Å². The lowest BCUT2D eigenvalue weighted by atomic mass is 9.70. The van der Waals surface area contributed by atoms with Crippen LogP contribution >= 0.6 is 0 Å². The van der Waals surface area contributed by atoms with Gasteiger partial charge in [-0.2, -0.15) is 0 Å². The summed E-state index contributed by atoms with van der Waals surface area (Å²) >= 11 is 0. The van der Waals surface area contributed by atoms with Crippen molar-refractivity contribution in [2.24, 2.45) is 17.8 Å². The van der Waals surface area contributed by atoms with Crippen LogP contribution in [0.2, 0.25) is 0 Å². The molecule has 252 valence electrons. The summed E-state index contributed by atoms with van der Waals surface area (Å²) < 4.78 is 0. The summed E-state index contributed by atoms with van der Waals surface area (Å²) in [6, 6.07) is 7.76. The van der Waals surface area contributed by atoms with Crippen LogP contribution in [0.25, 0.3) is 0 Å². The van der Waals surface area contributed by atoms with E-state index in [-0.39, 0.29) is 71.9 Å². The molecule has 0 aliphatic heterocycles. The quantitative estimate of drug-likeness (QED) is 0.145. The fraction of sp³-hybridized carbons (Fsp3) is 0.585. The highest BCUT2D eigenvalue weighted by molar-refractivity contribution is 6.01. The highest BCUT2D eigenvalue weighted by Crippen LogP contribution is 2.40. The minimum Gasteiger partial charge on any atom is -0.300 e. The van der Waals surface area contributed by atoms with E-state index in [4.69, 9.17) is 0 Å². The first-order valence-electron chi connectivity index (χ1n) is 17.5. The Morgan fingerprint density at radius 1 is 0.913 bits per heavy atom. The topological polar surface area (TPSA) is 85.3 Å². The first kappa shape index (κ1) is 39.0. The Bertz CT molecular complexity index is 1410. The number of ketones is 5. The molecule has 0 aromatic heterocycles. The van der Waals surface area contributed by atoms with Gasteiger partial charge < -0.3 is 0 Å². The molecule has 0 N–H and O–H groups in total. The van der Waals surface area contributed by atoms with Crippen molar-refractivity contribution in [1.82, 2.24) is 0 Å². The summed E-state index contributed by atoms with van der Waals surface area (Å²) in [4.78, 5) is 63.7. The summed E-state index contributed by atoms with van der Waals surface area (Å²) in [6.07, 6.45) is 6.33. The molecule has 0 radical (unpaired) electrons. The van der Waals surface area contributed by atoms with Gasteiger partial charge in [0.05, 0.1) is 6.42 Å². The zero-order valence-electron chi connectivity index (χ0n) is 30.2. The minimum atomic E-state index is -0.153. The van der Waals surface area contributed by atoms with Gasteiger partial charge in [-0.15, -0.1) is 0 Å². The van der Waals surface area contributed by atoms with Crippen molar-refractivity contribution in [2.45, 2.75) is 139 Å². The van der Waals surface area contributed by atoms with E-state index in [0.29, 0.717) is 18.4 Å². The number of fused-ring (bicyclic) bond motifs is 1. The van der Waals surface area contributed by atoms with Crippen LogP contribution in [0, 0.1) is 31.6 Å². The number of hydrogen-bond acceptors (Lipinski definition) is 5. The molecule has 0 heterocycles. The largest absolute Gasteiger partial charge is 0.300 e. The highest BCUT2D eigenvalue weighted by Gasteiger charge is 2.35. The summed E-state index contributed by atoms with van der Waals surface area (Å²) in [6.45, 7) is 19.5. The highest BCUT2D eigenvalue weighted by atomic mass is 16.2. The Kier molecular flexibility index (Phi) is 15.4. The molecular weight excluding hydrogens is 572 g/mol. The van der Waals surface area contributed by atoms with Crippen LogP contribution in [-0.2, 0) is 33.6 Å². The van der Waals surface area contributed by atoms with Gasteiger partial charge in [0.1, 0.15) is 17.3 Å². The molecule has 46 heavy (non-hydrogen) atoms. The standard InChI is InChI=1S/C38H50O5.C3H8/c1-9-11-29(32(10-2)36(42)14-24(6)39)15-28-18-35-33(22(3)4)21-30(25(7)38(35)37(43)19-28)20-31(41)16-27-13-12-23(5)34(17-27)26(8)40;1-3-2/h12-13,17,21-22,28-29,32H,9-11,14-16,18-20H2,1-8H3;3H2,1-2H3. The Morgan fingerprint density at radius 2 is 1.57 bits per heavy atom. The maximum absolute atomic E-state index is 13.8. The van der Waals surface area contributed by atoms with E-state index in [1.54, 1.807) is 6.92 Å². The number of aryl methyl sites for hydroxylation is 1. The van der Waals surface area contributed by atoms with Crippen molar-refractivity contribution in [3.05, 3.63) is 68.8 Å². The molecule has 2 aromatic carbocycles. The van der Waals surface area contributed by atoms with E-state index in [2.05, 4.69) is 40.7 Å². The number of rotatable bonds is 15. The Balaban J connectivity index is 0.00000236. The number of hydrogen-bond donors (Lipinski definition) is 0. The van der Waals surface area contributed by atoms with E-state index in [9.17, 15) is 24.0 Å². The molecule has 1 aliphatic rings. The van der Waals surface area contributed by atoms with E-state index in [1.165, 1.54) is 13.3 Å². The molecule has 1 aliphatic carbocycles. The van der Waals surface area contributed by atoms with Crippen molar-refractivity contribution < 1.29 is 24.0 Å². The molecule has 0 saturated heterocycles. The number of benzene rings is 2. The second kappa shape index (κ2) is 18.2. The fourth-order valence-corrected chi connectivity index (χ4v) is 7.25. The lowest BCUT2D eigenvalue weighted by Gasteiger charge is -2.33. The van der Waals surface area contributed by atoms with E-state index in [1.807, 2.05) is 39.0 Å². The summed E-state index contributed by atoms with van der Waals surface area (Å²) in [5.74, 6) is 0.466. The maximum atomic E-state index is 13.8. The van der Waals surface area contributed by atoms with Crippen LogP contribution in [0.5, 0.6) is 0 Å². The summed E-state index contributed by atoms with van der Waals surface area (Å²) in [5, 5.41) is 0. The van der Waals surface area contributed by atoms with Gasteiger partial charge in [-0.1, -0.05) is 79.0 Å². The fourth-order valence-electron chi connectivity index (χ4n) is 7.25. The van der Waals surface area contributed by atoms with Crippen LogP contribution < -0.4 is 0 Å². The first-order valence-corrected chi connectivity index (χ1v) is 17.5. The molecular formula is C41H58O5. The second-order valence-corrected chi connectivity index (χ2v) is 13.9. The zero-order chi connectivity index (χ0) is 34.7. The number of carbonyl (C=O) groups is 5. The van der Waals surface area contributed by atoms with Gasteiger partial charge in [-0.3, -0.25) is 24.0 Å². The van der Waals surface area contributed by atoms with Crippen molar-refractivity contribution >= 4 is 28.9 Å². The zero-order valence-corrected chi connectivity index (χ0v) is 30.2. The molecule has 0 spiro atoms. The lowest BCUT2D eigenvalue weighted by Crippen LogP contribution is -2.30. The van der Waals surface area contributed by atoms with Gasteiger partial charge in [0.15, 0.2) is 11.6 Å². The Hall–Kier alpha value is -3.21. The number of carbonyl (C=O) groups excluding carboxylic acids is 5. The average molecular weight is 631 g/mol. The predicted octanol–water partition coefficient (Wildman–Crippen LogP) is 9.53. The van der Waals surface area contributed by atoms with Crippen LogP contribution in [0.4, 0.5) is 0 Å². The first-order chi connectivity index (χ1) is 21.7. The smallest absolute Gasteiger partial charge is 0.163 e. The molecule has 0 fully saturated rings. The van der Waals surface area contributed by atoms with E-state index < -0.39 is 0 Å². The molecule has 5 nitrogen and oxygen atoms in total. The van der Waals surface area contributed by atoms with Gasteiger partial charge in [0.25, 0.3) is 0 Å². The molecule has 2 aromatic rings. The van der Waals surface area contributed by atoms with Gasteiger partial charge in [0, 0.05) is 36.3 Å². The maximum Gasteiger partial charge on any atom is 0.163 e. The third-order valence-electron chi connectivity index (χ3n) is 9.32. The molecule has 0 bridgehead atoms. The van der Waals surface area contributed by atoms with Crippen molar-refractivity contribution in [3.63, 3.8) is 0 Å². The molecule has 5 heteroatoms. The Morgan fingerprint density at radius 3 is 2.11 bits per heavy atom. The van der Waals surface area contributed by atoms with Crippen molar-refractivity contribution in [1.29, 1.82) is 0 Å². The van der Waals surface area contributed by atoms with E-state index >= 15 is 0 Å². The summed E-state index contributed by atoms with van der Waals surface area (Å²) in [7, 11) is 0. The lowest BCUT2D eigenvalue weighted by molar-refractivity contribution is -0.130. The average Bonchev–Trinajstić information content (AvgIpc) is 2.95. The minimum absolute atomic E-state index is 0.00878. The molecule has 3 unspecified atom stereocenters. The molecule has 3 atom stereocenters. The number of Topliss-reactive ketones (excluding diaryl/α,β-unsaturated/α-hetero) is 5. The second-order valence-electron chi connectivity index (χ2n) is 13.9. The monoisotopic (exact) mass is 630 g/mol. The van der Waals surface area contributed by atoms with Gasteiger partial charge in [0.2, 0.25) is 0 Å². The van der Waals surface area contributed by atoms with Gasteiger partial charge in [-0.25, -0.2) is 0 Å². The molecule has 3 rings (SSSR count). The SMILES string of the molecule is CCC.CCCC(CC1CC(=O)c2c(C)c(CC(=O)Cc3ccc(C)c(C(C)=O)c3)cc(C(C)C)c2C1)C(CC)C(=O)CC(C)=O. The van der Waals surface area contributed by atoms with E-state index in [0.717, 1.165) is 64.6 Å². The van der Waals surface area contributed by atoms with Crippen LogP contribution in [-0.4, -0.2) is 28.9 Å². The third kappa shape index (κ3) is 10.4. The van der Waals surface area contributed by atoms with Crippen LogP contribution in [0.1, 0.15) is 160 Å². The Labute approximate surface area is 278 Å². The van der Waals surface area contributed by atoms with Crippen LogP contribution in [0.15, 0.2) is 24.3 Å². The van der Waals surface area contributed by atoms with Crippen molar-refractivity contribution in [2.75, 3.05) is 0 Å².